The molecule has 1 aliphatic rings. The van der Waals surface area contributed by atoms with Gasteiger partial charge in [-0.15, -0.1) is 0 Å². The molecule has 1 aromatic rings. The number of hydrogen-bond donors (Lipinski definition) is 1. The van der Waals surface area contributed by atoms with E-state index in [1.807, 2.05) is 0 Å². The molecular formula is C14H18ClNO4S. The van der Waals surface area contributed by atoms with Gasteiger partial charge >= 0.3 is 5.97 Å². The zero-order chi connectivity index (χ0) is 15.5. The number of esters is 1. The maximum Gasteiger partial charge on any atom is 0.310 e. The number of carbonyl (C=O) groups is 1. The molecule has 21 heavy (non-hydrogen) atoms. The second-order valence-corrected chi connectivity index (χ2v) is 7.51. The Morgan fingerprint density at radius 2 is 2.00 bits per heavy atom. The van der Waals surface area contributed by atoms with E-state index in [1.54, 1.807) is 24.3 Å². The third kappa shape index (κ3) is 3.96. The minimum Gasteiger partial charge on any atom is -0.469 e. The van der Waals surface area contributed by atoms with Gasteiger partial charge in [0.2, 0.25) is 10.0 Å². The van der Waals surface area contributed by atoms with Gasteiger partial charge in [-0.05, 0) is 30.5 Å². The van der Waals surface area contributed by atoms with E-state index in [9.17, 15) is 13.2 Å². The molecule has 0 radical (unpaired) electrons. The Labute approximate surface area is 129 Å². The third-order valence-corrected chi connectivity index (χ3v) is 5.91. The molecule has 0 heterocycles. The van der Waals surface area contributed by atoms with Crippen LogP contribution in [0.2, 0.25) is 5.02 Å². The SMILES string of the molecule is COC(=O)C1CCCC1S(=O)(=O)NCc1ccc(Cl)cc1. The van der Waals surface area contributed by atoms with Crippen LogP contribution in [0.25, 0.3) is 0 Å². The Morgan fingerprint density at radius 3 is 2.62 bits per heavy atom. The Balaban J connectivity index is 2.04. The first-order valence-corrected chi connectivity index (χ1v) is 8.67. The highest BCUT2D eigenvalue weighted by Crippen LogP contribution is 2.31. The van der Waals surface area contributed by atoms with Gasteiger partial charge in [-0.1, -0.05) is 30.2 Å². The topological polar surface area (TPSA) is 72.5 Å². The number of hydrogen-bond acceptors (Lipinski definition) is 4. The molecule has 0 aliphatic heterocycles. The standard InChI is InChI=1S/C14H18ClNO4S/c1-20-14(17)12-3-2-4-13(12)21(18,19)16-9-10-5-7-11(15)8-6-10/h5-8,12-13,16H,2-4,9H2,1H3. The highest BCUT2D eigenvalue weighted by molar-refractivity contribution is 7.90. The van der Waals surface area contributed by atoms with Gasteiger partial charge in [0.15, 0.2) is 0 Å². The molecule has 1 N–H and O–H groups in total. The van der Waals surface area contributed by atoms with Crippen molar-refractivity contribution in [1.82, 2.24) is 4.72 Å². The van der Waals surface area contributed by atoms with Crippen LogP contribution >= 0.6 is 11.6 Å². The molecule has 2 atom stereocenters. The van der Waals surface area contributed by atoms with E-state index in [1.165, 1.54) is 7.11 Å². The first-order chi connectivity index (χ1) is 9.94. The number of ether oxygens (including phenoxy) is 1. The molecule has 0 amide bonds. The predicted molar refractivity (Wildman–Crippen MR) is 80.4 cm³/mol. The van der Waals surface area contributed by atoms with Gasteiger partial charge in [-0.2, -0.15) is 0 Å². The van der Waals surface area contributed by atoms with Gasteiger partial charge in [0, 0.05) is 11.6 Å². The van der Waals surface area contributed by atoms with E-state index in [2.05, 4.69) is 9.46 Å². The quantitative estimate of drug-likeness (QED) is 0.839. The number of sulfonamides is 1. The zero-order valence-electron chi connectivity index (χ0n) is 11.7. The highest BCUT2D eigenvalue weighted by atomic mass is 35.5. The summed E-state index contributed by atoms with van der Waals surface area (Å²) in [4.78, 5) is 11.7. The molecule has 2 unspecified atom stereocenters. The summed E-state index contributed by atoms with van der Waals surface area (Å²) < 4.78 is 32.0. The maximum atomic E-state index is 12.4. The van der Waals surface area contributed by atoms with Crippen LogP contribution in [0, 0.1) is 5.92 Å². The summed E-state index contributed by atoms with van der Waals surface area (Å²) >= 11 is 5.79. The molecule has 116 valence electrons. The Bertz CT molecular complexity index is 600. The molecule has 0 saturated heterocycles. The molecule has 0 bridgehead atoms. The summed E-state index contributed by atoms with van der Waals surface area (Å²) in [5.74, 6) is -1.02. The van der Waals surface area contributed by atoms with Crippen LogP contribution in [-0.4, -0.2) is 26.7 Å². The number of nitrogens with one attached hydrogen (secondary N) is 1. The monoisotopic (exact) mass is 331 g/mol. The molecule has 0 spiro atoms. The average molecular weight is 332 g/mol. The molecule has 5 nitrogen and oxygen atoms in total. The van der Waals surface area contributed by atoms with Gasteiger partial charge in [-0.3, -0.25) is 4.79 Å². The second-order valence-electron chi connectivity index (χ2n) is 5.09. The van der Waals surface area contributed by atoms with E-state index in [0.717, 1.165) is 5.56 Å². The third-order valence-electron chi connectivity index (χ3n) is 3.75. The van der Waals surface area contributed by atoms with Crippen molar-refractivity contribution in [2.24, 2.45) is 5.92 Å². The fraction of sp³-hybridized carbons (Fsp3) is 0.500. The fourth-order valence-corrected chi connectivity index (χ4v) is 4.48. The van der Waals surface area contributed by atoms with Crippen LogP contribution in [0.3, 0.4) is 0 Å². The van der Waals surface area contributed by atoms with Crippen molar-refractivity contribution in [2.45, 2.75) is 31.1 Å². The van der Waals surface area contributed by atoms with Gasteiger partial charge in [-0.25, -0.2) is 13.1 Å². The molecule has 2 rings (SSSR count). The van der Waals surface area contributed by atoms with Crippen molar-refractivity contribution in [3.63, 3.8) is 0 Å². The van der Waals surface area contributed by atoms with Crippen LogP contribution in [-0.2, 0) is 26.1 Å². The minimum atomic E-state index is -3.56. The molecular weight excluding hydrogens is 314 g/mol. The number of halogens is 1. The number of carbonyl (C=O) groups excluding carboxylic acids is 1. The summed E-state index contributed by atoms with van der Waals surface area (Å²) in [6.07, 6.45) is 1.75. The Kier molecular flexibility index (Phi) is 5.24. The first-order valence-electron chi connectivity index (χ1n) is 6.75. The van der Waals surface area contributed by atoms with Crippen molar-refractivity contribution < 1.29 is 17.9 Å². The number of methoxy groups -OCH3 is 1. The van der Waals surface area contributed by atoms with E-state index in [4.69, 9.17) is 11.6 Å². The van der Waals surface area contributed by atoms with E-state index >= 15 is 0 Å². The van der Waals surface area contributed by atoms with Gasteiger partial charge < -0.3 is 4.74 Å². The van der Waals surface area contributed by atoms with Crippen LogP contribution in [0.1, 0.15) is 24.8 Å². The van der Waals surface area contributed by atoms with Crippen LogP contribution < -0.4 is 4.72 Å². The maximum absolute atomic E-state index is 12.4. The Morgan fingerprint density at radius 1 is 1.33 bits per heavy atom. The minimum absolute atomic E-state index is 0.184. The normalized spacial score (nSPS) is 22.2. The van der Waals surface area contributed by atoms with Crippen molar-refractivity contribution in [2.75, 3.05) is 7.11 Å². The van der Waals surface area contributed by atoms with Crippen LogP contribution in [0.15, 0.2) is 24.3 Å². The first kappa shape index (κ1) is 16.3. The van der Waals surface area contributed by atoms with E-state index < -0.39 is 27.2 Å². The fourth-order valence-electron chi connectivity index (χ4n) is 2.61. The highest BCUT2D eigenvalue weighted by Gasteiger charge is 2.41. The molecule has 1 aromatic carbocycles. The lowest BCUT2D eigenvalue weighted by atomic mass is 10.1. The summed E-state index contributed by atoms with van der Waals surface area (Å²) in [7, 11) is -2.27. The molecule has 0 aromatic heterocycles. The molecule has 1 saturated carbocycles. The van der Waals surface area contributed by atoms with Crippen molar-refractivity contribution in [3.8, 4) is 0 Å². The Hall–Kier alpha value is -1.11. The second kappa shape index (κ2) is 6.77. The molecule has 1 aliphatic carbocycles. The van der Waals surface area contributed by atoms with Crippen LogP contribution in [0.5, 0.6) is 0 Å². The number of benzene rings is 1. The average Bonchev–Trinajstić information content (AvgIpc) is 2.96. The van der Waals surface area contributed by atoms with E-state index in [0.29, 0.717) is 24.3 Å². The summed E-state index contributed by atoms with van der Waals surface area (Å²) in [5, 5.41) is -0.111. The largest absolute Gasteiger partial charge is 0.469 e. The lowest BCUT2D eigenvalue weighted by molar-refractivity contribution is -0.145. The van der Waals surface area contributed by atoms with Gasteiger partial charge in [0.05, 0.1) is 18.3 Å². The molecule has 7 heteroatoms. The predicted octanol–water partition coefficient (Wildman–Crippen LogP) is 2.10. The van der Waals surface area contributed by atoms with Gasteiger partial charge in [0.25, 0.3) is 0 Å². The van der Waals surface area contributed by atoms with Crippen LogP contribution in [0.4, 0.5) is 0 Å². The molecule has 1 fully saturated rings. The smallest absolute Gasteiger partial charge is 0.310 e. The lowest BCUT2D eigenvalue weighted by Gasteiger charge is -2.18. The lowest BCUT2D eigenvalue weighted by Crippen LogP contribution is -2.39. The number of rotatable bonds is 5. The van der Waals surface area contributed by atoms with Crippen molar-refractivity contribution in [1.29, 1.82) is 0 Å². The zero-order valence-corrected chi connectivity index (χ0v) is 13.3. The van der Waals surface area contributed by atoms with Gasteiger partial charge in [0.1, 0.15) is 0 Å². The summed E-state index contributed by atoms with van der Waals surface area (Å²) in [6.45, 7) is 0.184. The summed E-state index contributed by atoms with van der Waals surface area (Å²) in [5.41, 5.74) is 0.815. The summed E-state index contributed by atoms with van der Waals surface area (Å²) in [6, 6.07) is 6.94. The van der Waals surface area contributed by atoms with Crippen molar-refractivity contribution >= 4 is 27.6 Å². The van der Waals surface area contributed by atoms with E-state index in [-0.39, 0.29) is 6.54 Å². The van der Waals surface area contributed by atoms with Crippen molar-refractivity contribution in [3.05, 3.63) is 34.9 Å².